The lowest BCUT2D eigenvalue weighted by atomic mass is 10.2. The summed E-state index contributed by atoms with van der Waals surface area (Å²) >= 11 is 6.60. The molecule has 1 N–H and O–H groups in total. The van der Waals surface area contributed by atoms with Crippen molar-refractivity contribution in [2.24, 2.45) is 0 Å². The molecule has 0 saturated carbocycles. The summed E-state index contributed by atoms with van der Waals surface area (Å²) in [4.78, 5) is 0.211. The molecular formula is C11H15Br2NO3S. The van der Waals surface area contributed by atoms with Gasteiger partial charge in [-0.15, -0.1) is 0 Å². The molecule has 0 saturated heterocycles. The van der Waals surface area contributed by atoms with Gasteiger partial charge in [-0.25, -0.2) is 13.1 Å². The van der Waals surface area contributed by atoms with E-state index in [1.54, 1.807) is 19.1 Å². The number of halogens is 2. The van der Waals surface area contributed by atoms with Crippen LogP contribution in [0.5, 0.6) is 0 Å². The zero-order chi connectivity index (χ0) is 13.9. The van der Waals surface area contributed by atoms with Gasteiger partial charge >= 0.3 is 0 Å². The first kappa shape index (κ1) is 16.1. The van der Waals surface area contributed by atoms with Crippen molar-refractivity contribution in [2.75, 3.05) is 13.7 Å². The van der Waals surface area contributed by atoms with E-state index in [9.17, 15) is 8.42 Å². The van der Waals surface area contributed by atoms with E-state index in [-0.39, 0.29) is 17.5 Å². The minimum atomic E-state index is -3.54. The predicted molar refractivity (Wildman–Crippen MR) is 78.2 cm³/mol. The fourth-order valence-electron chi connectivity index (χ4n) is 1.22. The zero-order valence-electron chi connectivity index (χ0n) is 10.3. The Kier molecular flexibility index (Phi) is 5.79. The lowest BCUT2D eigenvalue weighted by molar-refractivity contribution is 0.122. The van der Waals surface area contributed by atoms with Crippen LogP contribution in [0.25, 0.3) is 0 Å². The van der Waals surface area contributed by atoms with E-state index in [1.807, 2.05) is 6.92 Å². The van der Waals surface area contributed by atoms with Crippen molar-refractivity contribution >= 4 is 41.9 Å². The van der Waals surface area contributed by atoms with Crippen LogP contribution in [0.4, 0.5) is 0 Å². The molecule has 0 aromatic heterocycles. The van der Waals surface area contributed by atoms with Crippen LogP contribution in [-0.4, -0.2) is 28.2 Å². The molecule has 1 unspecified atom stereocenters. The zero-order valence-corrected chi connectivity index (χ0v) is 14.3. The fraction of sp³-hybridized carbons (Fsp3) is 0.455. The molecule has 0 bridgehead atoms. The molecule has 4 nitrogen and oxygen atoms in total. The molecule has 1 aromatic carbocycles. The molecule has 0 aliphatic carbocycles. The van der Waals surface area contributed by atoms with Crippen LogP contribution < -0.4 is 4.72 Å². The van der Waals surface area contributed by atoms with Crippen LogP contribution in [-0.2, 0) is 14.8 Å². The quantitative estimate of drug-likeness (QED) is 0.826. The highest BCUT2D eigenvalue weighted by molar-refractivity contribution is 9.11. The van der Waals surface area contributed by atoms with Gasteiger partial charge in [0.25, 0.3) is 0 Å². The molecular weight excluding hydrogens is 386 g/mol. The van der Waals surface area contributed by atoms with Gasteiger partial charge in [0, 0.05) is 22.6 Å². The van der Waals surface area contributed by atoms with Gasteiger partial charge in [0.15, 0.2) is 0 Å². The van der Waals surface area contributed by atoms with E-state index < -0.39 is 10.0 Å². The lowest BCUT2D eigenvalue weighted by Crippen LogP contribution is -2.31. The maximum absolute atomic E-state index is 12.1. The molecule has 7 heteroatoms. The molecule has 0 aliphatic rings. The summed E-state index contributed by atoms with van der Waals surface area (Å²) in [5.41, 5.74) is 0.964. The first-order chi connectivity index (χ1) is 8.27. The van der Waals surface area contributed by atoms with Crippen LogP contribution in [0.15, 0.2) is 26.0 Å². The molecule has 0 amide bonds. The Hall–Kier alpha value is 0.0500. The first-order valence-corrected chi connectivity index (χ1v) is 8.33. The second-order valence-electron chi connectivity index (χ2n) is 3.93. The van der Waals surface area contributed by atoms with Gasteiger partial charge in [0.1, 0.15) is 0 Å². The van der Waals surface area contributed by atoms with Crippen molar-refractivity contribution in [3.63, 3.8) is 0 Å². The molecule has 18 heavy (non-hydrogen) atoms. The van der Waals surface area contributed by atoms with Crippen molar-refractivity contribution in [1.82, 2.24) is 4.72 Å². The summed E-state index contributed by atoms with van der Waals surface area (Å²) in [6.07, 6.45) is -0.174. The molecule has 1 atom stereocenters. The summed E-state index contributed by atoms with van der Waals surface area (Å²) in [5, 5.41) is 0. The summed E-state index contributed by atoms with van der Waals surface area (Å²) in [6.45, 7) is 3.92. The van der Waals surface area contributed by atoms with Crippen molar-refractivity contribution < 1.29 is 13.2 Å². The summed E-state index contributed by atoms with van der Waals surface area (Å²) in [6, 6.07) is 3.34. The van der Waals surface area contributed by atoms with E-state index >= 15 is 0 Å². The van der Waals surface area contributed by atoms with Crippen LogP contribution in [0.3, 0.4) is 0 Å². The molecule has 0 fully saturated rings. The lowest BCUT2D eigenvalue weighted by Gasteiger charge is -2.13. The molecule has 102 valence electrons. The highest BCUT2D eigenvalue weighted by Crippen LogP contribution is 2.28. The molecule has 0 radical (unpaired) electrons. The van der Waals surface area contributed by atoms with Gasteiger partial charge in [-0.05, 0) is 47.5 Å². The number of nitrogens with one attached hydrogen (secondary N) is 1. The number of methoxy groups -OCH3 is 1. The average molecular weight is 401 g/mol. The highest BCUT2D eigenvalue weighted by Gasteiger charge is 2.19. The number of ether oxygens (including phenoxy) is 1. The Bertz CT molecular complexity index is 531. The Morgan fingerprint density at radius 1 is 1.33 bits per heavy atom. The van der Waals surface area contributed by atoms with Crippen LogP contribution in [0.1, 0.15) is 12.5 Å². The van der Waals surface area contributed by atoms with Gasteiger partial charge in [-0.2, -0.15) is 0 Å². The van der Waals surface area contributed by atoms with Crippen molar-refractivity contribution in [3.8, 4) is 0 Å². The van der Waals surface area contributed by atoms with Crippen LogP contribution >= 0.6 is 31.9 Å². The smallest absolute Gasteiger partial charge is 0.241 e. The normalized spacial score (nSPS) is 13.6. The van der Waals surface area contributed by atoms with Crippen LogP contribution in [0.2, 0.25) is 0 Å². The minimum absolute atomic E-state index is 0.174. The first-order valence-electron chi connectivity index (χ1n) is 5.26. The standard InChI is InChI=1S/C11H15Br2NO3S/c1-7-4-10(13)11(5-9(7)12)18(15,16)14-6-8(2)17-3/h4-5,8,14H,6H2,1-3H3. The van der Waals surface area contributed by atoms with Gasteiger partial charge in [-0.1, -0.05) is 15.9 Å². The van der Waals surface area contributed by atoms with E-state index in [4.69, 9.17) is 4.74 Å². The number of sulfonamides is 1. The molecule has 0 spiro atoms. The Balaban J connectivity index is 3.02. The van der Waals surface area contributed by atoms with E-state index in [1.165, 1.54) is 7.11 Å². The third-order valence-electron chi connectivity index (χ3n) is 2.47. The van der Waals surface area contributed by atoms with Crippen molar-refractivity contribution in [2.45, 2.75) is 24.8 Å². The maximum Gasteiger partial charge on any atom is 0.241 e. The Labute approximate surface area is 124 Å². The SMILES string of the molecule is COC(C)CNS(=O)(=O)c1cc(Br)c(C)cc1Br. The minimum Gasteiger partial charge on any atom is -0.380 e. The van der Waals surface area contributed by atoms with Gasteiger partial charge < -0.3 is 4.74 Å². The molecule has 0 heterocycles. The van der Waals surface area contributed by atoms with Gasteiger partial charge in [-0.3, -0.25) is 0 Å². The Morgan fingerprint density at radius 3 is 2.50 bits per heavy atom. The third-order valence-corrected chi connectivity index (χ3v) is 5.70. The fourth-order valence-corrected chi connectivity index (χ4v) is 4.01. The van der Waals surface area contributed by atoms with E-state index in [0.29, 0.717) is 4.47 Å². The van der Waals surface area contributed by atoms with Crippen LogP contribution in [0, 0.1) is 6.92 Å². The maximum atomic E-state index is 12.1. The summed E-state index contributed by atoms with van der Waals surface area (Å²) < 4.78 is 33.1. The predicted octanol–water partition coefficient (Wildman–Crippen LogP) is 2.83. The van der Waals surface area contributed by atoms with Crippen molar-refractivity contribution in [3.05, 3.63) is 26.6 Å². The van der Waals surface area contributed by atoms with E-state index in [2.05, 4.69) is 36.6 Å². The second-order valence-corrected chi connectivity index (χ2v) is 7.37. The third kappa shape index (κ3) is 4.03. The number of hydrogen-bond donors (Lipinski definition) is 1. The van der Waals surface area contributed by atoms with E-state index in [0.717, 1.165) is 10.0 Å². The topological polar surface area (TPSA) is 55.4 Å². The number of rotatable bonds is 5. The summed E-state index contributed by atoms with van der Waals surface area (Å²) in [7, 11) is -2.00. The Morgan fingerprint density at radius 2 is 1.94 bits per heavy atom. The van der Waals surface area contributed by atoms with Gasteiger partial charge in [0.2, 0.25) is 10.0 Å². The number of hydrogen-bond acceptors (Lipinski definition) is 3. The van der Waals surface area contributed by atoms with Gasteiger partial charge in [0.05, 0.1) is 11.0 Å². The molecule has 0 aliphatic heterocycles. The number of benzene rings is 1. The molecule has 1 aromatic rings. The highest BCUT2D eigenvalue weighted by atomic mass is 79.9. The summed E-state index contributed by atoms with van der Waals surface area (Å²) in [5.74, 6) is 0. The largest absolute Gasteiger partial charge is 0.380 e. The average Bonchev–Trinajstić information content (AvgIpc) is 2.30. The monoisotopic (exact) mass is 399 g/mol. The van der Waals surface area contributed by atoms with Crippen molar-refractivity contribution in [1.29, 1.82) is 0 Å². The molecule has 1 rings (SSSR count). The second kappa shape index (κ2) is 6.47. The number of aryl methyl sites for hydroxylation is 1.